The van der Waals surface area contributed by atoms with Crippen molar-refractivity contribution in [1.29, 1.82) is 0 Å². The molecule has 0 saturated heterocycles. The molecule has 120 valence electrons. The maximum Gasteiger partial charge on any atom is 0.241 e. The van der Waals surface area contributed by atoms with E-state index in [0.717, 1.165) is 6.42 Å². The lowest BCUT2D eigenvalue weighted by atomic mass is 9.99. The minimum Gasteiger partial charge on any atom is -0.491 e. The molecule has 0 spiro atoms. The normalized spacial score (nSPS) is 13.3. The Morgan fingerprint density at radius 3 is 2.48 bits per heavy atom. The molecule has 0 aliphatic heterocycles. The summed E-state index contributed by atoms with van der Waals surface area (Å²) in [6, 6.07) is 3.71. The van der Waals surface area contributed by atoms with Gasteiger partial charge in [0.2, 0.25) is 5.91 Å². The SMILES string of the molecule is CCC(C)C(N)C(=O)Nc1ccc(OC(C)C)cc1F.Cl. The predicted octanol–water partition coefficient (Wildman–Crippen LogP) is 3.35. The van der Waals surface area contributed by atoms with Crippen LogP contribution in [0, 0.1) is 11.7 Å². The van der Waals surface area contributed by atoms with Crippen LogP contribution in [0.1, 0.15) is 34.1 Å². The Morgan fingerprint density at radius 1 is 1.38 bits per heavy atom. The molecular formula is C15H24ClFN2O2. The predicted molar refractivity (Wildman–Crippen MR) is 85.5 cm³/mol. The van der Waals surface area contributed by atoms with Crippen LogP contribution in [-0.2, 0) is 4.79 Å². The van der Waals surface area contributed by atoms with E-state index in [4.69, 9.17) is 10.5 Å². The van der Waals surface area contributed by atoms with Crippen molar-refractivity contribution in [3.05, 3.63) is 24.0 Å². The van der Waals surface area contributed by atoms with Crippen LogP contribution in [0.15, 0.2) is 18.2 Å². The molecule has 0 radical (unpaired) electrons. The maximum absolute atomic E-state index is 13.9. The molecule has 0 aromatic heterocycles. The Balaban J connectivity index is 0.00000400. The second-order valence-corrected chi connectivity index (χ2v) is 5.21. The highest BCUT2D eigenvalue weighted by Gasteiger charge is 2.20. The molecule has 2 atom stereocenters. The zero-order valence-electron chi connectivity index (χ0n) is 12.9. The van der Waals surface area contributed by atoms with Gasteiger partial charge in [-0.2, -0.15) is 0 Å². The summed E-state index contributed by atoms with van der Waals surface area (Å²) in [5.41, 5.74) is 5.92. The Morgan fingerprint density at radius 2 is 2.00 bits per heavy atom. The van der Waals surface area contributed by atoms with Gasteiger partial charge in [-0.25, -0.2) is 4.39 Å². The highest BCUT2D eigenvalue weighted by molar-refractivity contribution is 5.95. The molecule has 2 unspecified atom stereocenters. The summed E-state index contributed by atoms with van der Waals surface area (Å²) in [7, 11) is 0. The molecule has 1 aromatic rings. The fraction of sp³-hybridized carbons (Fsp3) is 0.533. The number of nitrogens with two attached hydrogens (primary N) is 1. The molecule has 0 heterocycles. The number of halogens is 2. The van der Waals surface area contributed by atoms with Gasteiger partial charge in [0.05, 0.1) is 17.8 Å². The van der Waals surface area contributed by atoms with E-state index in [2.05, 4.69) is 5.32 Å². The fourth-order valence-corrected chi connectivity index (χ4v) is 1.67. The first-order valence-corrected chi connectivity index (χ1v) is 6.87. The van der Waals surface area contributed by atoms with Crippen molar-refractivity contribution in [1.82, 2.24) is 0 Å². The van der Waals surface area contributed by atoms with Gasteiger partial charge in [-0.3, -0.25) is 4.79 Å². The van der Waals surface area contributed by atoms with Gasteiger partial charge in [0, 0.05) is 6.07 Å². The first-order valence-electron chi connectivity index (χ1n) is 6.87. The number of rotatable bonds is 6. The summed E-state index contributed by atoms with van der Waals surface area (Å²) in [6.07, 6.45) is 0.756. The van der Waals surface area contributed by atoms with Crippen LogP contribution in [0.4, 0.5) is 10.1 Å². The van der Waals surface area contributed by atoms with E-state index in [9.17, 15) is 9.18 Å². The number of amides is 1. The van der Waals surface area contributed by atoms with Crippen molar-refractivity contribution < 1.29 is 13.9 Å². The average Bonchev–Trinajstić information content (AvgIpc) is 2.39. The summed E-state index contributed by atoms with van der Waals surface area (Å²) in [5.74, 6) is -0.438. The van der Waals surface area contributed by atoms with Crippen molar-refractivity contribution >= 4 is 24.0 Å². The van der Waals surface area contributed by atoms with E-state index < -0.39 is 11.9 Å². The van der Waals surface area contributed by atoms with Crippen molar-refractivity contribution in [2.45, 2.75) is 46.3 Å². The number of anilines is 1. The molecule has 1 amide bonds. The van der Waals surface area contributed by atoms with E-state index in [-0.39, 0.29) is 36.0 Å². The van der Waals surface area contributed by atoms with Gasteiger partial charge in [0.1, 0.15) is 11.6 Å². The number of nitrogens with one attached hydrogen (secondary N) is 1. The third-order valence-corrected chi connectivity index (χ3v) is 3.13. The standard InChI is InChI=1S/C15H23FN2O2.ClH/c1-5-10(4)14(17)15(19)18-13-7-6-11(8-12(13)16)20-9(2)3;/h6-10,14H,5,17H2,1-4H3,(H,18,19);1H. The van der Waals surface area contributed by atoms with Crippen LogP contribution in [0.5, 0.6) is 5.75 Å². The quantitative estimate of drug-likeness (QED) is 0.845. The van der Waals surface area contributed by atoms with Crippen molar-refractivity contribution in [3.63, 3.8) is 0 Å². The molecule has 6 heteroatoms. The number of carbonyl (C=O) groups excluding carboxylic acids is 1. The monoisotopic (exact) mass is 318 g/mol. The largest absolute Gasteiger partial charge is 0.491 e. The van der Waals surface area contributed by atoms with Gasteiger partial charge < -0.3 is 15.8 Å². The third kappa shape index (κ3) is 5.89. The highest BCUT2D eigenvalue weighted by Crippen LogP contribution is 2.22. The summed E-state index contributed by atoms with van der Waals surface area (Å²) in [4.78, 5) is 11.9. The van der Waals surface area contributed by atoms with E-state index in [1.807, 2.05) is 27.7 Å². The first-order chi connectivity index (χ1) is 9.35. The van der Waals surface area contributed by atoms with Crippen LogP contribution >= 0.6 is 12.4 Å². The molecule has 4 nitrogen and oxygen atoms in total. The van der Waals surface area contributed by atoms with E-state index in [1.54, 1.807) is 6.07 Å². The molecule has 0 aliphatic rings. The van der Waals surface area contributed by atoms with Crippen molar-refractivity contribution in [2.24, 2.45) is 11.7 Å². The number of hydrogen-bond donors (Lipinski definition) is 2. The molecular weight excluding hydrogens is 295 g/mol. The Hall–Kier alpha value is -1.33. The molecule has 0 aliphatic carbocycles. The number of ether oxygens (including phenoxy) is 1. The third-order valence-electron chi connectivity index (χ3n) is 3.13. The molecule has 3 N–H and O–H groups in total. The topological polar surface area (TPSA) is 64.4 Å². The molecule has 0 saturated carbocycles. The summed E-state index contributed by atoms with van der Waals surface area (Å²) in [5, 5.41) is 2.51. The molecule has 0 fully saturated rings. The van der Waals surface area contributed by atoms with Crippen LogP contribution in [-0.4, -0.2) is 18.1 Å². The van der Waals surface area contributed by atoms with E-state index in [1.165, 1.54) is 12.1 Å². The lowest BCUT2D eigenvalue weighted by Gasteiger charge is -2.18. The minimum atomic E-state index is -0.647. The van der Waals surface area contributed by atoms with Gasteiger partial charge in [0.15, 0.2) is 0 Å². The molecule has 1 aromatic carbocycles. The summed E-state index contributed by atoms with van der Waals surface area (Å²) < 4.78 is 19.3. The second kappa shape index (κ2) is 8.85. The van der Waals surface area contributed by atoms with Crippen LogP contribution in [0.25, 0.3) is 0 Å². The van der Waals surface area contributed by atoms with Crippen LogP contribution < -0.4 is 15.8 Å². The lowest BCUT2D eigenvalue weighted by Crippen LogP contribution is -2.40. The van der Waals surface area contributed by atoms with Crippen molar-refractivity contribution in [3.8, 4) is 5.75 Å². The first kappa shape index (κ1) is 19.7. The lowest BCUT2D eigenvalue weighted by molar-refractivity contribution is -0.118. The maximum atomic E-state index is 13.9. The minimum absolute atomic E-state index is 0. The highest BCUT2D eigenvalue weighted by atomic mass is 35.5. The van der Waals surface area contributed by atoms with E-state index in [0.29, 0.717) is 5.75 Å². The fourth-order valence-electron chi connectivity index (χ4n) is 1.67. The average molecular weight is 319 g/mol. The second-order valence-electron chi connectivity index (χ2n) is 5.21. The number of carbonyl (C=O) groups is 1. The van der Waals surface area contributed by atoms with Crippen LogP contribution in [0.3, 0.4) is 0 Å². The van der Waals surface area contributed by atoms with E-state index >= 15 is 0 Å². The Kier molecular flexibility index (Phi) is 8.29. The Bertz CT molecular complexity index is 469. The zero-order valence-corrected chi connectivity index (χ0v) is 13.7. The number of hydrogen-bond acceptors (Lipinski definition) is 3. The van der Waals surface area contributed by atoms with Crippen LogP contribution in [0.2, 0.25) is 0 Å². The molecule has 21 heavy (non-hydrogen) atoms. The summed E-state index contributed by atoms with van der Waals surface area (Å²) in [6.45, 7) is 7.56. The molecule has 1 rings (SSSR count). The van der Waals surface area contributed by atoms with Gasteiger partial charge in [-0.1, -0.05) is 20.3 Å². The number of benzene rings is 1. The zero-order chi connectivity index (χ0) is 15.3. The summed E-state index contributed by atoms with van der Waals surface area (Å²) >= 11 is 0. The van der Waals surface area contributed by atoms with Gasteiger partial charge in [-0.05, 0) is 31.9 Å². The smallest absolute Gasteiger partial charge is 0.241 e. The van der Waals surface area contributed by atoms with Gasteiger partial charge in [-0.15, -0.1) is 12.4 Å². The van der Waals surface area contributed by atoms with Gasteiger partial charge in [0.25, 0.3) is 0 Å². The van der Waals surface area contributed by atoms with Gasteiger partial charge >= 0.3 is 0 Å². The van der Waals surface area contributed by atoms with Crippen molar-refractivity contribution in [2.75, 3.05) is 5.32 Å². The Labute approximate surface area is 131 Å². The molecule has 0 bridgehead atoms.